The van der Waals surface area contributed by atoms with Crippen LogP contribution in [0.1, 0.15) is 5.56 Å². The summed E-state index contributed by atoms with van der Waals surface area (Å²) >= 11 is 1.69. The first-order valence-corrected chi connectivity index (χ1v) is 5.31. The third-order valence-corrected chi connectivity index (χ3v) is 3.00. The highest BCUT2D eigenvalue weighted by atomic mass is 32.1. The van der Waals surface area contributed by atoms with Crippen molar-refractivity contribution in [2.45, 2.75) is 6.92 Å². The molecule has 3 N–H and O–H groups in total. The fourth-order valence-corrected chi connectivity index (χ4v) is 2.07. The number of hydrogen-bond acceptors (Lipinski definition) is 3. The number of thiophene rings is 1. The third-order valence-electron chi connectivity index (χ3n) is 2.07. The zero-order valence-electron chi connectivity index (χ0n) is 7.95. The highest BCUT2D eigenvalue weighted by Crippen LogP contribution is 2.28. The molecule has 2 aromatic rings. The SMILES string of the molecule is Cc1ccsc1Nc1ccccc1N. The topological polar surface area (TPSA) is 38.0 Å². The van der Waals surface area contributed by atoms with Gasteiger partial charge < -0.3 is 11.1 Å². The first kappa shape index (κ1) is 9.09. The minimum absolute atomic E-state index is 0.778. The molecule has 3 heteroatoms. The van der Waals surface area contributed by atoms with Gasteiger partial charge in [0, 0.05) is 0 Å². The van der Waals surface area contributed by atoms with Crippen molar-refractivity contribution in [3.63, 3.8) is 0 Å². The van der Waals surface area contributed by atoms with Gasteiger partial charge in [0.2, 0.25) is 0 Å². The van der Waals surface area contributed by atoms with Crippen LogP contribution in [0.3, 0.4) is 0 Å². The van der Waals surface area contributed by atoms with E-state index < -0.39 is 0 Å². The van der Waals surface area contributed by atoms with E-state index >= 15 is 0 Å². The lowest BCUT2D eigenvalue weighted by atomic mass is 10.2. The largest absolute Gasteiger partial charge is 0.397 e. The van der Waals surface area contributed by atoms with Crippen molar-refractivity contribution in [1.82, 2.24) is 0 Å². The molecular weight excluding hydrogens is 192 g/mol. The Hall–Kier alpha value is -1.48. The molecule has 0 spiro atoms. The van der Waals surface area contributed by atoms with Crippen LogP contribution in [0, 0.1) is 6.92 Å². The zero-order chi connectivity index (χ0) is 9.97. The van der Waals surface area contributed by atoms with E-state index in [0.717, 1.165) is 16.4 Å². The Kier molecular flexibility index (Phi) is 2.41. The van der Waals surface area contributed by atoms with Crippen LogP contribution in [0.5, 0.6) is 0 Å². The molecular formula is C11H12N2S. The van der Waals surface area contributed by atoms with Crippen LogP contribution in [0.4, 0.5) is 16.4 Å². The van der Waals surface area contributed by atoms with Crippen molar-refractivity contribution < 1.29 is 0 Å². The summed E-state index contributed by atoms with van der Waals surface area (Å²) in [5, 5.41) is 6.54. The molecule has 0 bridgehead atoms. The maximum atomic E-state index is 5.83. The molecule has 0 atom stereocenters. The zero-order valence-corrected chi connectivity index (χ0v) is 8.77. The minimum atomic E-state index is 0.778. The van der Waals surface area contributed by atoms with E-state index in [9.17, 15) is 0 Å². The van der Waals surface area contributed by atoms with E-state index in [2.05, 4.69) is 23.7 Å². The van der Waals surface area contributed by atoms with E-state index in [4.69, 9.17) is 5.73 Å². The molecule has 0 fully saturated rings. The first-order valence-electron chi connectivity index (χ1n) is 4.43. The van der Waals surface area contributed by atoms with Crippen molar-refractivity contribution in [2.75, 3.05) is 11.1 Å². The number of nitrogens with two attached hydrogens (primary N) is 1. The number of aryl methyl sites for hydroxylation is 1. The molecule has 2 nitrogen and oxygen atoms in total. The Labute approximate surface area is 87.4 Å². The summed E-state index contributed by atoms with van der Waals surface area (Å²) in [6.45, 7) is 2.08. The Balaban J connectivity index is 2.28. The van der Waals surface area contributed by atoms with Crippen LogP contribution in [-0.2, 0) is 0 Å². The van der Waals surface area contributed by atoms with E-state index in [1.54, 1.807) is 11.3 Å². The maximum absolute atomic E-state index is 5.83. The molecule has 0 amide bonds. The van der Waals surface area contributed by atoms with Gasteiger partial charge in [-0.2, -0.15) is 0 Å². The second-order valence-corrected chi connectivity index (χ2v) is 4.06. The summed E-state index contributed by atoms with van der Waals surface area (Å²) in [6.07, 6.45) is 0. The van der Waals surface area contributed by atoms with Gasteiger partial charge in [0.15, 0.2) is 0 Å². The average molecular weight is 204 g/mol. The van der Waals surface area contributed by atoms with E-state index in [-0.39, 0.29) is 0 Å². The molecule has 72 valence electrons. The van der Waals surface area contributed by atoms with Crippen LogP contribution in [-0.4, -0.2) is 0 Å². The Morgan fingerprint density at radius 1 is 1.21 bits per heavy atom. The van der Waals surface area contributed by atoms with Gasteiger partial charge in [-0.3, -0.25) is 0 Å². The van der Waals surface area contributed by atoms with Crippen LogP contribution < -0.4 is 11.1 Å². The lowest BCUT2D eigenvalue weighted by molar-refractivity contribution is 1.50. The molecule has 0 saturated carbocycles. The van der Waals surface area contributed by atoms with Gasteiger partial charge in [-0.25, -0.2) is 0 Å². The summed E-state index contributed by atoms with van der Waals surface area (Å²) in [5.41, 5.74) is 8.83. The molecule has 2 rings (SSSR count). The van der Waals surface area contributed by atoms with Gasteiger partial charge in [0.1, 0.15) is 0 Å². The second-order valence-electron chi connectivity index (χ2n) is 3.14. The van der Waals surface area contributed by atoms with E-state index in [1.165, 1.54) is 5.56 Å². The normalized spacial score (nSPS) is 10.1. The molecule has 0 unspecified atom stereocenters. The molecule has 1 heterocycles. The first-order chi connectivity index (χ1) is 6.77. The average Bonchev–Trinajstić information content (AvgIpc) is 2.56. The third kappa shape index (κ3) is 1.72. The number of nitrogen functional groups attached to an aromatic ring is 1. The molecule has 1 aromatic heterocycles. The quantitative estimate of drug-likeness (QED) is 0.736. The molecule has 0 radical (unpaired) electrons. The number of para-hydroxylation sites is 2. The predicted molar refractivity (Wildman–Crippen MR) is 63.2 cm³/mol. The Bertz CT molecular complexity index is 434. The maximum Gasteiger partial charge on any atom is 0.0956 e. The summed E-state index contributed by atoms with van der Waals surface area (Å²) in [6, 6.07) is 9.87. The smallest absolute Gasteiger partial charge is 0.0956 e. The van der Waals surface area contributed by atoms with E-state index in [0.29, 0.717) is 0 Å². The van der Waals surface area contributed by atoms with E-state index in [1.807, 2.05) is 24.3 Å². The van der Waals surface area contributed by atoms with Gasteiger partial charge in [-0.05, 0) is 36.1 Å². The summed E-state index contributed by atoms with van der Waals surface area (Å²) in [7, 11) is 0. The summed E-state index contributed by atoms with van der Waals surface area (Å²) in [5.74, 6) is 0. The standard InChI is InChI=1S/C11H12N2S/c1-8-6-7-14-11(8)13-10-5-3-2-4-9(10)12/h2-7,13H,12H2,1H3. The fourth-order valence-electron chi connectivity index (χ4n) is 1.23. The van der Waals surface area contributed by atoms with Crippen LogP contribution in [0.2, 0.25) is 0 Å². The van der Waals surface area contributed by atoms with Crippen molar-refractivity contribution in [3.8, 4) is 0 Å². The highest BCUT2D eigenvalue weighted by molar-refractivity contribution is 7.14. The molecule has 1 aromatic carbocycles. The van der Waals surface area contributed by atoms with Gasteiger partial charge in [-0.1, -0.05) is 12.1 Å². The molecule has 0 aliphatic rings. The van der Waals surface area contributed by atoms with Crippen LogP contribution in [0.15, 0.2) is 35.7 Å². The molecule has 0 saturated heterocycles. The highest BCUT2D eigenvalue weighted by Gasteiger charge is 2.01. The number of anilines is 3. The van der Waals surface area contributed by atoms with Crippen LogP contribution >= 0.6 is 11.3 Å². The summed E-state index contributed by atoms with van der Waals surface area (Å²) < 4.78 is 0. The molecule has 0 aliphatic heterocycles. The minimum Gasteiger partial charge on any atom is -0.397 e. The van der Waals surface area contributed by atoms with Gasteiger partial charge in [-0.15, -0.1) is 11.3 Å². The predicted octanol–water partition coefficient (Wildman–Crippen LogP) is 3.38. The van der Waals surface area contributed by atoms with Crippen molar-refractivity contribution in [3.05, 3.63) is 41.3 Å². The lowest BCUT2D eigenvalue weighted by Crippen LogP contribution is -1.94. The number of hydrogen-bond donors (Lipinski definition) is 2. The molecule has 0 aliphatic carbocycles. The van der Waals surface area contributed by atoms with Crippen LogP contribution in [0.25, 0.3) is 0 Å². The van der Waals surface area contributed by atoms with Gasteiger partial charge in [0.25, 0.3) is 0 Å². The Morgan fingerprint density at radius 3 is 2.64 bits per heavy atom. The fraction of sp³-hybridized carbons (Fsp3) is 0.0909. The van der Waals surface area contributed by atoms with Crippen molar-refractivity contribution >= 4 is 27.7 Å². The molecule has 14 heavy (non-hydrogen) atoms. The lowest BCUT2D eigenvalue weighted by Gasteiger charge is -2.07. The van der Waals surface area contributed by atoms with Gasteiger partial charge >= 0.3 is 0 Å². The van der Waals surface area contributed by atoms with Crippen molar-refractivity contribution in [1.29, 1.82) is 0 Å². The van der Waals surface area contributed by atoms with Crippen molar-refractivity contribution in [2.24, 2.45) is 0 Å². The van der Waals surface area contributed by atoms with Gasteiger partial charge in [0.05, 0.1) is 16.4 Å². The number of rotatable bonds is 2. The Morgan fingerprint density at radius 2 is 2.00 bits per heavy atom. The number of benzene rings is 1. The second kappa shape index (κ2) is 3.72. The summed E-state index contributed by atoms with van der Waals surface area (Å²) in [4.78, 5) is 0. The number of nitrogens with one attached hydrogen (secondary N) is 1. The monoisotopic (exact) mass is 204 g/mol.